The normalized spacial score (nSPS) is 14.3. The highest BCUT2D eigenvalue weighted by molar-refractivity contribution is 5.74. The molecule has 3 N–H and O–H groups in total. The lowest BCUT2D eigenvalue weighted by Gasteiger charge is -2.35. The summed E-state index contributed by atoms with van der Waals surface area (Å²) in [5.74, 6) is -0.00244. The zero-order chi connectivity index (χ0) is 18.7. The third-order valence-corrected chi connectivity index (χ3v) is 4.29. The van der Waals surface area contributed by atoms with E-state index in [-0.39, 0.29) is 17.7 Å². The van der Waals surface area contributed by atoms with Crippen LogP contribution in [0.3, 0.4) is 0 Å². The van der Waals surface area contributed by atoms with E-state index < -0.39 is 5.82 Å². The first-order chi connectivity index (χ1) is 12.5. The molecule has 1 amide bonds. The molecule has 1 aromatic heterocycles. The van der Waals surface area contributed by atoms with Crippen LogP contribution in [0.25, 0.3) is 0 Å². The molecule has 138 valence electrons. The van der Waals surface area contributed by atoms with Crippen molar-refractivity contribution in [2.24, 2.45) is 0 Å². The maximum Gasteiger partial charge on any atom is 0.229 e. The molecule has 0 spiro atoms. The zero-order valence-corrected chi connectivity index (χ0v) is 14.7. The number of nitrogens with two attached hydrogens (primary N) is 1. The Bertz CT molecular complexity index is 808. The number of halogens is 1. The van der Waals surface area contributed by atoms with Crippen molar-refractivity contribution in [2.75, 3.05) is 49.2 Å². The quantitative estimate of drug-likeness (QED) is 0.855. The number of methoxy groups -OCH3 is 1. The second kappa shape index (κ2) is 7.42. The van der Waals surface area contributed by atoms with E-state index in [0.29, 0.717) is 24.5 Å². The Morgan fingerprint density at radius 3 is 2.65 bits per heavy atom. The third-order valence-electron chi connectivity index (χ3n) is 4.29. The monoisotopic (exact) mass is 360 g/mol. The van der Waals surface area contributed by atoms with Gasteiger partial charge in [0.15, 0.2) is 11.6 Å². The lowest BCUT2D eigenvalue weighted by Crippen LogP contribution is -2.48. The Hall–Kier alpha value is -3.10. The summed E-state index contributed by atoms with van der Waals surface area (Å²) in [6.45, 7) is 4.49. The van der Waals surface area contributed by atoms with Gasteiger partial charge in [-0.2, -0.15) is 4.98 Å². The molecule has 3 rings (SSSR count). The van der Waals surface area contributed by atoms with Crippen LogP contribution in [0.1, 0.15) is 6.92 Å². The smallest absolute Gasteiger partial charge is 0.229 e. The molecule has 0 aliphatic carbocycles. The Kier molecular flexibility index (Phi) is 5.06. The number of ether oxygens (including phenoxy) is 1. The van der Waals surface area contributed by atoms with Crippen LogP contribution in [0.4, 0.5) is 27.5 Å². The number of nitrogens with one attached hydrogen (secondary N) is 1. The number of hydrogen-bond acceptors (Lipinski definition) is 7. The number of benzene rings is 1. The molecule has 2 aromatic rings. The van der Waals surface area contributed by atoms with E-state index in [2.05, 4.69) is 20.2 Å². The highest BCUT2D eigenvalue weighted by Gasteiger charge is 2.19. The van der Waals surface area contributed by atoms with Crippen LogP contribution in [-0.2, 0) is 4.79 Å². The van der Waals surface area contributed by atoms with Crippen molar-refractivity contribution >= 4 is 29.0 Å². The minimum atomic E-state index is -0.664. The fraction of sp³-hybridized carbons (Fsp3) is 0.353. The molecule has 0 unspecified atom stereocenters. The van der Waals surface area contributed by atoms with E-state index in [0.717, 1.165) is 25.0 Å². The predicted octanol–water partition coefficient (Wildman–Crippen LogP) is 1.62. The van der Waals surface area contributed by atoms with E-state index >= 15 is 0 Å². The highest BCUT2D eigenvalue weighted by atomic mass is 19.1. The summed E-state index contributed by atoms with van der Waals surface area (Å²) in [7, 11) is 1.57. The van der Waals surface area contributed by atoms with Gasteiger partial charge in [0, 0.05) is 44.9 Å². The summed E-state index contributed by atoms with van der Waals surface area (Å²) in [6.07, 6.45) is 1.01. The molecule has 9 heteroatoms. The fourth-order valence-corrected chi connectivity index (χ4v) is 2.82. The van der Waals surface area contributed by atoms with E-state index in [9.17, 15) is 9.18 Å². The summed E-state index contributed by atoms with van der Waals surface area (Å²) in [6, 6.07) is 5.69. The second-order valence-corrected chi connectivity index (χ2v) is 5.93. The predicted molar refractivity (Wildman–Crippen MR) is 97.1 cm³/mol. The fourth-order valence-electron chi connectivity index (χ4n) is 2.82. The van der Waals surface area contributed by atoms with Gasteiger partial charge in [0.25, 0.3) is 0 Å². The van der Waals surface area contributed by atoms with Gasteiger partial charge in [-0.25, -0.2) is 9.37 Å². The number of piperazine rings is 1. The molecule has 0 bridgehead atoms. The molecule has 1 aliphatic rings. The first kappa shape index (κ1) is 17.7. The van der Waals surface area contributed by atoms with Crippen molar-refractivity contribution in [3.8, 4) is 5.75 Å². The Morgan fingerprint density at radius 1 is 1.31 bits per heavy atom. The number of carbonyl (C=O) groups is 1. The number of nitrogen functional groups attached to an aromatic ring is 1. The number of nitrogens with zero attached hydrogens (tertiary/aromatic N) is 4. The van der Waals surface area contributed by atoms with Crippen molar-refractivity contribution in [1.29, 1.82) is 0 Å². The third kappa shape index (κ3) is 3.76. The lowest BCUT2D eigenvalue weighted by molar-refractivity contribution is -0.129. The van der Waals surface area contributed by atoms with Gasteiger partial charge in [0.2, 0.25) is 11.9 Å². The first-order valence-electron chi connectivity index (χ1n) is 8.21. The van der Waals surface area contributed by atoms with Crippen molar-refractivity contribution in [2.45, 2.75) is 6.92 Å². The summed E-state index contributed by atoms with van der Waals surface area (Å²) in [4.78, 5) is 23.2. The molecule has 8 nitrogen and oxygen atoms in total. The van der Waals surface area contributed by atoms with Gasteiger partial charge in [-0.3, -0.25) is 4.79 Å². The van der Waals surface area contributed by atoms with Gasteiger partial charge >= 0.3 is 0 Å². The standard InChI is InChI=1S/C17H21FN6O2/c1-11(25)23-5-7-24(8-6-23)12-3-4-14(15(9-12)26-2)21-17-20-10-13(18)16(19)22-17/h3-4,9-10H,5-8H2,1-2H3,(H3,19,20,21,22). The van der Waals surface area contributed by atoms with Gasteiger partial charge in [0.1, 0.15) is 5.75 Å². The number of anilines is 4. The Labute approximate surface area is 150 Å². The van der Waals surface area contributed by atoms with Crippen LogP contribution >= 0.6 is 0 Å². The average Bonchev–Trinajstić information content (AvgIpc) is 2.65. The maximum atomic E-state index is 13.2. The Morgan fingerprint density at radius 2 is 2.04 bits per heavy atom. The molecule has 0 atom stereocenters. The van der Waals surface area contributed by atoms with Gasteiger partial charge in [0.05, 0.1) is 19.0 Å². The van der Waals surface area contributed by atoms with Crippen LogP contribution in [0.2, 0.25) is 0 Å². The minimum absolute atomic E-state index is 0.0975. The lowest BCUT2D eigenvalue weighted by atomic mass is 10.2. The van der Waals surface area contributed by atoms with E-state index in [1.807, 2.05) is 23.1 Å². The second-order valence-electron chi connectivity index (χ2n) is 5.93. The average molecular weight is 360 g/mol. The first-order valence-corrected chi connectivity index (χ1v) is 8.21. The number of carbonyl (C=O) groups excluding carboxylic acids is 1. The molecule has 2 heterocycles. The van der Waals surface area contributed by atoms with Crippen LogP contribution in [-0.4, -0.2) is 54.1 Å². The van der Waals surface area contributed by atoms with Gasteiger partial charge in [-0.05, 0) is 12.1 Å². The number of rotatable bonds is 4. The van der Waals surface area contributed by atoms with E-state index in [1.165, 1.54) is 0 Å². The van der Waals surface area contributed by atoms with Crippen molar-refractivity contribution < 1.29 is 13.9 Å². The molecule has 0 radical (unpaired) electrons. The molecular weight excluding hydrogens is 339 g/mol. The maximum absolute atomic E-state index is 13.2. The van der Waals surface area contributed by atoms with Gasteiger partial charge in [-0.15, -0.1) is 0 Å². The van der Waals surface area contributed by atoms with Gasteiger partial charge in [-0.1, -0.05) is 0 Å². The van der Waals surface area contributed by atoms with Crippen LogP contribution in [0.15, 0.2) is 24.4 Å². The van der Waals surface area contributed by atoms with Crippen LogP contribution in [0, 0.1) is 5.82 Å². The summed E-state index contributed by atoms with van der Waals surface area (Å²) < 4.78 is 18.6. The van der Waals surface area contributed by atoms with Crippen LogP contribution < -0.4 is 20.7 Å². The topological polar surface area (TPSA) is 96.6 Å². The van der Waals surface area contributed by atoms with Crippen LogP contribution in [0.5, 0.6) is 5.75 Å². The van der Waals surface area contributed by atoms with Crippen molar-refractivity contribution in [3.05, 3.63) is 30.2 Å². The summed E-state index contributed by atoms with van der Waals surface area (Å²) in [5, 5.41) is 2.98. The zero-order valence-electron chi connectivity index (χ0n) is 14.7. The molecule has 1 fully saturated rings. The number of aromatic nitrogens is 2. The highest BCUT2D eigenvalue weighted by Crippen LogP contribution is 2.32. The molecule has 0 saturated carbocycles. The minimum Gasteiger partial charge on any atom is -0.494 e. The molecule has 1 aliphatic heterocycles. The number of amides is 1. The Balaban J connectivity index is 1.75. The van der Waals surface area contributed by atoms with E-state index in [1.54, 1.807) is 14.0 Å². The number of hydrogen-bond donors (Lipinski definition) is 2. The van der Waals surface area contributed by atoms with Crippen molar-refractivity contribution in [3.63, 3.8) is 0 Å². The molecular formula is C17H21FN6O2. The molecule has 1 saturated heterocycles. The van der Waals surface area contributed by atoms with Gasteiger partial charge < -0.3 is 25.6 Å². The van der Waals surface area contributed by atoms with E-state index in [4.69, 9.17) is 10.5 Å². The van der Waals surface area contributed by atoms with Crippen molar-refractivity contribution in [1.82, 2.24) is 14.9 Å². The summed E-state index contributed by atoms with van der Waals surface area (Å²) in [5.41, 5.74) is 7.11. The molecule has 26 heavy (non-hydrogen) atoms. The largest absolute Gasteiger partial charge is 0.494 e. The molecule has 1 aromatic carbocycles. The summed E-state index contributed by atoms with van der Waals surface area (Å²) >= 11 is 0. The SMILES string of the molecule is COc1cc(N2CCN(C(C)=O)CC2)ccc1Nc1ncc(F)c(N)n1.